The van der Waals surface area contributed by atoms with E-state index in [9.17, 15) is 8.42 Å². The van der Waals surface area contributed by atoms with Gasteiger partial charge in [-0.1, -0.05) is 11.6 Å². The third kappa shape index (κ3) is 4.69. The Bertz CT molecular complexity index is 457. The van der Waals surface area contributed by atoms with Crippen molar-refractivity contribution in [2.24, 2.45) is 0 Å². The molecule has 0 spiro atoms. The minimum atomic E-state index is -3.38. The molecule has 0 saturated heterocycles. The number of aromatic nitrogens is 1. The first-order chi connectivity index (χ1) is 7.96. The van der Waals surface area contributed by atoms with E-state index in [0.29, 0.717) is 24.4 Å². The van der Waals surface area contributed by atoms with Crippen LogP contribution in [0.1, 0.15) is 18.4 Å². The average Bonchev–Trinajstić information content (AvgIpc) is 2.24. The number of hydrogen-bond acceptors (Lipinski definition) is 3. The number of aryl methyl sites for hydroxylation is 1. The summed E-state index contributed by atoms with van der Waals surface area (Å²) in [6.07, 6.45) is 2.72. The summed E-state index contributed by atoms with van der Waals surface area (Å²) >= 11 is 11.3. The molecule has 0 aliphatic heterocycles. The fraction of sp³-hybridized carbons (Fsp3) is 0.500. The van der Waals surface area contributed by atoms with Gasteiger partial charge in [-0.3, -0.25) is 4.72 Å². The van der Waals surface area contributed by atoms with E-state index < -0.39 is 10.0 Å². The maximum absolute atomic E-state index is 11.7. The minimum absolute atomic E-state index is 0.0321. The van der Waals surface area contributed by atoms with Crippen LogP contribution in [0.3, 0.4) is 0 Å². The molecule has 0 aromatic carbocycles. The summed E-state index contributed by atoms with van der Waals surface area (Å²) < 4.78 is 25.9. The first kappa shape index (κ1) is 14.5. The van der Waals surface area contributed by atoms with Crippen LogP contribution in [0, 0.1) is 6.92 Å². The van der Waals surface area contributed by atoms with Crippen LogP contribution < -0.4 is 4.72 Å². The van der Waals surface area contributed by atoms with Crippen LogP contribution in [0.2, 0.25) is 5.15 Å². The van der Waals surface area contributed by atoms with Gasteiger partial charge >= 0.3 is 0 Å². The van der Waals surface area contributed by atoms with E-state index in [1.165, 1.54) is 6.20 Å². The smallest absolute Gasteiger partial charge is 0.232 e. The molecule has 0 saturated carbocycles. The lowest BCUT2D eigenvalue weighted by Crippen LogP contribution is -2.18. The predicted octanol–water partition coefficient (Wildman–Crippen LogP) is 2.80. The third-order valence-electron chi connectivity index (χ3n) is 2.17. The number of nitrogens with zero attached hydrogens (tertiary/aromatic N) is 1. The van der Waals surface area contributed by atoms with E-state index >= 15 is 0 Å². The molecular formula is C10H14Cl2N2O2S. The molecule has 0 amide bonds. The van der Waals surface area contributed by atoms with E-state index in [-0.39, 0.29) is 10.9 Å². The highest BCUT2D eigenvalue weighted by Gasteiger charge is 2.14. The number of hydrogen-bond donors (Lipinski definition) is 1. The summed E-state index contributed by atoms with van der Waals surface area (Å²) in [6, 6.07) is 1.70. The summed E-state index contributed by atoms with van der Waals surface area (Å²) in [6.45, 7) is 1.77. The largest absolute Gasteiger partial charge is 0.280 e. The van der Waals surface area contributed by atoms with Crippen molar-refractivity contribution >= 4 is 38.9 Å². The Morgan fingerprint density at radius 1 is 1.41 bits per heavy atom. The first-order valence-electron chi connectivity index (χ1n) is 5.14. The molecular weight excluding hydrogens is 283 g/mol. The van der Waals surface area contributed by atoms with Crippen molar-refractivity contribution in [3.05, 3.63) is 23.0 Å². The number of nitrogens with one attached hydrogen (secondary N) is 1. The molecule has 4 nitrogen and oxygen atoms in total. The van der Waals surface area contributed by atoms with Crippen molar-refractivity contribution < 1.29 is 8.42 Å². The Morgan fingerprint density at radius 3 is 2.71 bits per heavy atom. The Labute approximate surface area is 111 Å². The fourth-order valence-corrected chi connectivity index (χ4v) is 2.99. The number of sulfonamides is 1. The second kappa shape index (κ2) is 6.42. The second-order valence-electron chi connectivity index (χ2n) is 3.61. The molecule has 1 aromatic heterocycles. The summed E-state index contributed by atoms with van der Waals surface area (Å²) in [5.74, 6) is 0.493. The molecule has 96 valence electrons. The zero-order chi connectivity index (χ0) is 12.9. The molecule has 1 aromatic rings. The van der Waals surface area contributed by atoms with Crippen LogP contribution in [-0.2, 0) is 10.0 Å². The molecule has 0 aliphatic rings. The van der Waals surface area contributed by atoms with Crippen LogP contribution in [-0.4, -0.2) is 25.0 Å². The molecule has 0 bridgehead atoms. The van der Waals surface area contributed by atoms with E-state index in [0.717, 1.165) is 5.56 Å². The molecule has 0 aliphatic carbocycles. The number of pyridine rings is 1. The topological polar surface area (TPSA) is 59.1 Å². The zero-order valence-corrected chi connectivity index (χ0v) is 11.7. The van der Waals surface area contributed by atoms with Crippen LogP contribution >= 0.6 is 23.2 Å². The molecule has 0 atom stereocenters. The molecule has 17 heavy (non-hydrogen) atoms. The molecule has 1 N–H and O–H groups in total. The molecule has 0 unspecified atom stereocenters. The fourth-order valence-electron chi connectivity index (χ4n) is 1.24. The van der Waals surface area contributed by atoms with Gasteiger partial charge in [-0.25, -0.2) is 13.4 Å². The zero-order valence-electron chi connectivity index (χ0n) is 9.41. The van der Waals surface area contributed by atoms with E-state index in [1.807, 2.05) is 0 Å². The van der Waals surface area contributed by atoms with Gasteiger partial charge in [0.15, 0.2) is 5.15 Å². The average molecular weight is 297 g/mol. The van der Waals surface area contributed by atoms with Gasteiger partial charge < -0.3 is 0 Å². The quantitative estimate of drug-likeness (QED) is 0.499. The van der Waals surface area contributed by atoms with E-state index in [4.69, 9.17) is 23.2 Å². The van der Waals surface area contributed by atoms with Crippen molar-refractivity contribution in [3.63, 3.8) is 0 Å². The van der Waals surface area contributed by atoms with Gasteiger partial charge in [0.05, 0.1) is 11.4 Å². The Kier molecular flexibility index (Phi) is 5.49. The summed E-state index contributed by atoms with van der Waals surface area (Å²) in [5.41, 5.74) is 1.09. The van der Waals surface area contributed by atoms with Crippen molar-refractivity contribution in [2.45, 2.75) is 19.8 Å². The van der Waals surface area contributed by atoms with Crippen molar-refractivity contribution in [1.82, 2.24) is 4.98 Å². The molecule has 1 rings (SSSR count). The number of unbranched alkanes of at least 4 members (excludes halogenated alkanes) is 1. The van der Waals surface area contributed by atoms with Gasteiger partial charge in [-0.2, -0.15) is 0 Å². The molecule has 0 radical (unpaired) electrons. The van der Waals surface area contributed by atoms with Crippen LogP contribution in [0.15, 0.2) is 12.3 Å². The number of alkyl halides is 1. The summed E-state index contributed by atoms with van der Waals surface area (Å²) in [4.78, 5) is 3.84. The third-order valence-corrected chi connectivity index (χ3v) is 4.06. The Morgan fingerprint density at radius 2 is 2.12 bits per heavy atom. The van der Waals surface area contributed by atoms with Crippen molar-refractivity contribution in [3.8, 4) is 0 Å². The minimum Gasteiger partial charge on any atom is -0.280 e. The first-order valence-corrected chi connectivity index (χ1v) is 7.70. The van der Waals surface area contributed by atoms with Gasteiger partial charge in [0, 0.05) is 12.1 Å². The number of anilines is 1. The van der Waals surface area contributed by atoms with E-state index in [2.05, 4.69) is 9.71 Å². The SMILES string of the molecule is Cc1ccnc(Cl)c1NS(=O)(=O)CCCCCl. The molecule has 1 heterocycles. The maximum atomic E-state index is 11.7. The van der Waals surface area contributed by atoms with Gasteiger partial charge in [0.1, 0.15) is 0 Å². The summed E-state index contributed by atoms with van der Waals surface area (Å²) in [5, 5.41) is 0.158. The lowest BCUT2D eigenvalue weighted by Gasteiger charge is -2.10. The van der Waals surface area contributed by atoms with Gasteiger partial charge in [0.25, 0.3) is 0 Å². The normalized spacial score (nSPS) is 11.5. The molecule has 0 fully saturated rings. The van der Waals surface area contributed by atoms with Crippen molar-refractivity contribution in [1.29, 1.82) is 0 Å². The summed E-state index contributed by atoms with van der Waals surface area (Å²) in [7, 11) is -3.38. The highest BCUT2D eigenvalue weighted by Crippen LogP contribution is 2.24. The standard InChI is InChI=1S/C10H14Cl2N2O2S/c1-8-4-6-13-10(12)9(8)14-17(15,16)7-3-2-5-11/h4,6,14H,2-3,5,7H2,1H3. The van der Waals surface area contributed by atoms with E-state index in [1.54, 1.807) is 13.0 Å². The van der Waals surface area contributed by atoms with Gasteiger partial charge in [-0.05, 0) is 31.4 Å². The highest BCUT2D eigenvalue weighted by molar-refractivity contribution is 7.92. The van der Waals surface area contributed by atoms with Gasteiger partial charge in [0.2, 0.25) is 10.0 Å². The lowest BCUT2D eigenvalue weighted by molar-refractivity contribution is 0.598. The second-order valence-corrected chi connectivity index (χ2v) is 6.19. The number of rotatable bonds is 6. The predicted molar refractivity (Wildman–Crippen MR) is 71.3 cm³/mol. The monoisotopic (exact) mass is 296 g/mol. The number of halogens is 2. The van der Waals surface area contributed by atoms with Crippen LogP contribution in [0.5, 0.6) is 0 Å². The Hall–Kier alpha value is -0.520. The van der Waals surface area contributed by atoms with Crippen molar-refractivity contribution in [2.75, 3.05) is 16.4 Å². The van der Waals surface area contributed by atoms with Crippen LogP contribution in [0.25, 0.3) is 0 Å². The Balaban J connectivity index is 2.76. The van der Waals surface area contributed by atoms with Gasteiger partial charge in [-0.15, -0.1) is 11.6 Å². The maximum Gasteiger partial charge on any atom is 0.232 e. The molecule has 7 heteroatoms. The lowest BCUT2D eigenvalue weighted by atomic mass is 10.3. The highest BCUT2D eigenvalue weighted by atomic mass is 35.5. The van der Waals surface area contributed by atoms with Crippen LogP contribution in [0.4, 0.5) is 5.69 Å².